The average molecular weight is 444 g/mol. The first-order valence-electron chi connectivity index (χ1n) is 10.5. The van der Waals surface area contributed by atoms with E-state index in [0.717, 1.165) is 12.1 Å². The molecule has 33 heavy (non-hydrogen) atoms. The zero-order chi connectivity index (χ0) is 23.2. The number of rotatable bonds is 8. The summed E-state index contributed by atoms with van der Waals surface area (Å²) >= 11 is 0. The van der Waals surface area contributed by atoms with Gasteiger partial charge >= 0.3 is 0 Å². The quantitative estimate of drug-likeness (QED) is 0.424. The van der Waals surface area contributed by atoms with E-state index < -0.39 is 0 Å². The van der Waals surface area contributed by atoms with Crippen molar-refractivity contribution in [2.24, 2.45) is 0 Å². The highest BCUT2D eigenvalue weighted by Gasteiger charge is 2.17. The fourth-order valence-electron chi connectivity index (χ4n) is 3.15. The second kappa shape index (κ2) is 10.0. The number of nitrogens with zero attached hydrogens (tertiary/aromatic N) is 5. The number of hydrogen-bond acceptors (Lipinski definition) is 8. The number of carbonyl (C=O) groups is 1. The van der Waals surface area contributed by atoms with Gasteiger partial charge in [-0.1, -0.05) is 42.5 Å². The van der Waals surface area contributed by atoms with Crippen molar-refractivity contribution in [1.82, 2.24) is 25.1 Å². The van der Waals surface area contributed by atoms with Crippen molar-refractivity contribution in [3.8, 4) is 22.8 Å². The largest absolute Gasteiger partial charge is 0.421 e. The number of aryl methyl sites for hydroxylation is 1. The molecular formula is C24H25N7O2. The number of amides is 1. The SMILES string of the molecule is Cc1nnc(-c2ccccc2NC(=O)c2cc(NCCN(C)C)nc(-c3ccccc3)n2)o1. The zero-order valence-corrected chi connectivity index (χ0v) is 18.7. The van der Waals surface area contributed by atoms with Crippen LogP contribution >= 0.6 is 0 Å². The van der Waals surface area contributed by atoms with Crippen LogP contribution in [0, 0.1) is 6.92 Å². The smallest absolute Gasteiger partial charge is 0.274 e. The third-order valence-corrected chi connectivity index (χ3v) is 4.79. The van der Waals surface area contributed by atoms with Crippen molar-refractivity contribution < 1.29 is 9.21 Å². The Morgan fingerprint density at radius 2 is 1.76 bits per heavy atom. The van der Waals surface area contributed by atoms with Crippen LogP contribution in [0.4, 0.5) is 11.5 Å². The highest BCUT2D eigenvalue weighted by atomic mass is 16.4. The van der Waals surface area contributed by atoms with E-state index in [1.807, 2.05) is 62.6 Å². The van der Waals surface area contributed by atoms with Crippen LogP contribution in [0.3, 0.4) is 0 Å². The van der Waals surface area contributed by atoms with Crippen LogP contribution in [-0.2, 0) is 0 Å². The Kier molecular flexibility index (Phi) is 6.70. The van der Waals surface area contributed by atoms with E-state index in [1.165, 1.54) is 0 Å². The summed E-state index contributed by atoms with van der Waals surface area (Å²) in [6.07, 6.45) is 0. The molecule has 9 nitrogen and oxygen atoms in total. The monoisotopic (exact) mass is 443 g/mol. The molecule has 0 fully saturated rings. The fraction of sp³-hybridized carbons (Fsp3) is 0.208. The molecule has 0 saturated carbocycles. The lowest BCUT2D eigenvalue weighted by atomic mass is 10.1. The van der Waals surface area contributed by atoms with Crippen LogP contribution in [0.15, 0.2) is 65.1 Å². The van der Waals surface area contributed by atoms with Crippen LogP contribution in [-0.4, -0.2) is 58.2 Å². The maximum absolute atomic E-state index is 13.2. The van der Waals surface area contributed by atoms with Gasteiger partial charge in [0.25, 0.3) is 5.91 Å². The number of carbonyl (C=O) groups excluding carboxylic acids is 1. The van der Waals surface area contributed by atoms with E-state index in [2.05, 4.69) is 35.7 Å². The van der Waals surface area contributed by atoms with Crippen molar-refractivity contribution in [3.63, 3.8) is 0 Å². The van der Waals surface area contributed by atoms with Crippen molar-refractivity contribution in [2.45, 2.75) is 6.92 Å². The zero-order valence-electron chi connectivity index (χ0n) is 18.7. The molecule has 4 rings (SSSR count). The molecule has 0 spiro atoms. The molecule has 0 atom stereocenters. The number of para-hydroxylation sites is 1. The van der Waals surface area contributed by atoms with Gasteiger partial charge in [-0.3, -0.25) is 4.79 Å². The van der Waals surface area contributed by atoms with Gasteiger partial charge in [-0.2, -0.15) is 0 Å². The summed E-state index contributed by atoms with van der Waals surface area (Å²) in [5.74, 6) is 1.46. The Balaban J connectivity index is 1.64. The molecule has 0 aliphatic rings. The Bertz CT molecular complexity index is 1240. The second-order valence-corrected chi connectivity index (χ2v) is 7.68. The lowest BCUT2D eigenvalue weighted by Gasteiger charge is -2.13. The Hall–Kier alpha value is -4.11. The number of anilines is 2. The summed E-state index contributed by atoms with van der Waals surface area (Å²) in [5, 5.41) is 14.1. The summed E-state index contributed by atoms with van der Waals surface area (Å²) in [4.78, 5) is 24.4. The first-order chi connectivity index (χ1) is 16.0. The first kappa shape index (κ1) is 22.1. The maximum atomic E-state index is 13.2. The molecule has 2 heterocycles. The number of aromatic nitrogens is 4. The molecule has 0 aliphatic carbocycles. The molecule has 0 radical (unpaired) electrons. The highest BCUT2D eigenvalue weighted by Crippen LogP contribution is 2.27. The third-order valence-electron chi connectivity index (χ3n) is 4.79. The highest BCUT2D eigenvalue weighted by molar-refractivity contribution is 6.05. The second-order valence-electron chi connectivity index (χ2n) is 7.68. The minimum absolute atomic E-state index is 0.243. The Labute approximate surface area is 191 Å². The molecule has 2 N–H and O–H groups in total. The van der Waals surface area contributed by atoms with Crippen LogP contribution in [0.2, 0.25) is 0 Å². The van der Waals surface area contributed by atoms with Crippen LogP contribution in [0.1, 0.15) is 16.4 Å². The number of benzene rings is 2. The summed E-state index contributed by atoms with van der Waals surface area (Å²) in [7, 11) is 4.00. The van der Waals surface area contributed by atoms with E-state index in [4.69, 9.17) is 4.42 Å². The number of nitrogens with one attached hydrogen (secondary N) is 2. The molecule has 2 aromatic carbocycles. The molecule has 0 saturated heterocycles. The van der Waals surface area contributed by atoms with Crippen LogP contribution in [0.25, 0.3) is 22.8 Å². The fourth-order valence-corrected chi connectivity index (χ4v) is 3.15. The predicted octanol–water partition coefficient (Wildman–Crippen LogP) is 3.73. The minimum Gasteiger partial charge on any atom is -0.421 e. The minimum atomic E-state index is -0.367. The molecule has 4 aromatic rings. The topological polar surface area (TPSA) is 109 Å². The summed E-state index contributed by atoms with van der Waals surface area (Å²) in [6, 6.07) is 18.5. The Morgan fingerprint density at radius 3 is 2.48 bits per heavy atom. The van der Waals surface area contributed by atoms with Gasteiger partial charge in [0.05, 0.1) is 11.3 Å². The normalized spacial score (nSPS) is 10.9. The van der Waals surface area contributed by atoms with Crippen molar-refractivity contribution in [1.29, 1.82) is 0 Å². The molecule has 9 heteroatoms. The standard InChI is InChI=1S/C24H25N7O2/c1-16-29-30-24(33-16)18-11-7-8-12-19(18)27-23(32)20-15-21(25-13-14-31(2)3)28-22(26-20)17-9-5-4-6-10-17/h4-12,15H,13-14H2,1-3H3,(H,27,32)(H,25,26,28). The van der Waals surface area contributed by atoms with Gasteiger partial charge in [0.15, 0.2) is 5.82 Å². The van der Waals surface area contributed by atoms with E-state index in [-0.39, 0.29) is 11.6 Å². The van der Waals surface area contributed by atoms with E-state index in [1.54, 1.807) is 19.1 Å². The molecule has 0 aliphatic heterocycles. The van der Waals surface area contributed by atoms with Crippen LogP contribution in [0.5, 0.6) is 0 Å². The van der Waals surface area contributed by atoms with Crippen molar-refractivity contribution in [2.75, 3.05) is 37.8 Å². The summed E-state index contributed by atoms with van der Waals surface area (Å²) in [5.41, 5.74) is 2.25. The first-order valence-corrected chi connectivity index (χ1v) is 10.5. The molecule has 1 amide bonds. The lowest BCUT2D eigenvalue weighted by Crippen LogP contribution is -2.22. The van der Waals surface area contributed by atoms with E-state index >= 15 is 0 Å². The molecule has 2 aromatic heterocycles. The molecule has 168 valence electrons. The Morgan fingerprint density at radius 1 is 1.00 bits per heavy atom. The number of hydrogen-bond donors (Lipinski definition) is 2. The summed E-state index contributed by atoms with van der Waals surface area (Å²) < 4.78 is 5.54. The summed E-state index contributed by atoms with van der Waals surface area (Å²) in [6.45, 7) is 3.22. The van der Waals surface area contributed by atoms with Crippen LogP contribution < -0.4 is 10.6 Å². The van der Waals surface area contributed by atoms with Gasteiger partial charge < -0.3 is 20.0 Å². The van der Waals surface area contributed by atoms with Crippen molar-refractivity contribution >= 4 is 17.4 Å². The van der Waals surface area contributed by atoms with Gasteiger partial charge in [-0.15, -0.1) is 10.2 Å². The van der Waals surface area contributed by atoms with Gasteiger partial charge in [0.1, 0.15) is 11.5 Å². The van der Waals surface area contributed by atoms with Gasteiger partial charge in [0, 0.05) is 31.6 Å². The molecule has 0 bridgehead atoms. The lowest BCUT2D eigenvalue weighted by molar-refractivity contribution is 0.102. The van der Waals surface area contributed by atoms with Gasteiger partial charge in [-0.25, -0.2) is 9.97 Å². The van der Waals surface area contributed by atoms with Gasteiger partial charge in [0.2, 0.25) is 11.8 Å². The maximum Gasteiger partial charge on any atom is 0.274 e. The number of likely N-dealkylation sites (N-methyl/N-ethyl adjacent to an activating group) is 1. The van der Waals surface area contributed by atoms with E-state index in [0.29, 0.717) is 41.2 Å². The van der Waals surface area contributed by atoms with Crippen molar-refractivity contribution in [3.05, 3.63) is 72.2 Å². The van der Waals surface area contributed by atoms with E-state index in [9.17, 15) is 4.79 Å². The third kappa shape index (κ3) is 5.58. The average Bonchev–Trinajstić information content (AvgIpc) is 3.25. The van der Waals surface area contributed by atoms with Gasteiger partial charge in [-0.05, 0) is 26.2 Å². The molecular weight excluding hydrogens is 418 g/mol. The predicted molar refractivity (Wildman–Crippen MR) is 127 cm³/mol. The molecule has 0 unspecified atom stereocenters.